The lowest BCUT2D eigenvalue weighted by Crippen LogP contribution is -2.37. The summed E-state index contributed by atoms with van der Waals surface area (Å²) in [7, 11) is 5.36. The van der Waals surface area contributed by atoms with Gasteiger partial charge in [0.25, 0.3) is 0 Å². The van der Waals surface area contributed by atoms with Gasteiger partial charge in [0.05, 0.1) is 13.2 Å². The lowest BCUT2D eigenvalue weighted by Gasteiger charge is -2.27. The van der Waals surface area contributed by atoms with E-state index in [1.54, 1.807) is 33.7 Å². The van der Waals surface area contributed by atoms with Crippen LogP contribution in [0.4, 0.5) is 0 Å². The number of rotatable bonds is 0. The topological polar surface area (TPSA) is 138 Å². The molecule has 11 nitrogen and oxygen atoms in total. The Morgan fingerprint density at radius 2 is 0.860 bits per heavy atom. The predicted octanol–water partition coefficient (Wildman–Crippen LogP) is 4.66. The summed E-state index contributed by atoms with van der Waals surface area (Å²) in [5, 5.41) is 0. The molecule has 5 heterocycles. The van der Waals surface area contributed by atoms with Crippen molar-refractivity contribution < 1.29 is 17.4 Å². The molecule has 0 N–H and O–H groups in total. The molecule has 5 fully saturated rings. The molecule has 5 rings (SSSR count). The Bertz CT molecular complexity index is 1610. The Balaban J connectivity index is 0. The molecule has 0 unspecified atom stereocenters. The SMILES string of the molecule is C.C=S1(=NC)CCCCC1.C=S1(=NC)CCN(C)CC1.C=S1(=NC)CCOCC1.CN=S(C)(C)=O.CN=S1(=O)CCC1.CN=S1(=O)CCCC1. The van der Waals surface area contributed by atoms with Gasteiger partial charge in [-0.1, -0.05) is 31.5 Å². The quantitative estimate of drug-likeness (QED) is 0.328. The van der Waals surface area contributed by atoms with Crippen molar-refractivity contribution in [3.63, 3.8) is 0 Å². The second kappa shape index (κ2) is 25.8. The first-order valence-corrected chi connectivity index (χ1v) is 29.3. The minimum Gasteiger partial charge on any atom is -0.380 e. The van der Waals surface area contributed by atoms with E-state index in [-0.39, 0.29) is 7.43 Å². The van der Waals surface area contributed by atoms with Gasteiger partial charge in [0, 0.05) is 143 Å². The zero-order chi connectivity index (χ0) is 37.7. The van der Waals surface area contributed by atoms with Gasteiger partial charge >= 0.3 is 0 Å². The smallest absolute Gasteiger partial charge is 0.0561 e. The lowest BCUT2D eigenvalue weighted by molar-refractivity contribution is 0.160. The van der Waals surface area contributed by atoms with Crippen LogP contribution in [0.25, 0.3) is 0 Å². The third kappa shape index (κ3) is 23.5. The molecule has 0 radical (unpaired) electrons. The van der Waals surface area contributed by atoms with E-state index >= 15 is 0 Å². The third-order valence-corrected chi connectivity index (χ3v) is 22.9. The molecule has 0 aromatic heterocycles. The summed E-state index contributed by atoms with van der Waals surface area (Å²) in [5.74, 6) is 22.8. The van der Waals surface area contributed by atoms with Crippen molar-refractivity contribution in [1.82, 2.24) is 4.90 Å². The van der Waals surface area contributed by atoms with E-state index in [0.717, 1.165) is 67.0 Å². The van der Waals surface area contributed by atoms with Crippen molar-refractivity contribution in [2.75, 3.05) is 146 Å². The van der Waals surface area contributed by atoms with Crippen molar-refractivity contribution in [3.8, 4) is 0 Å². The molecule has 304 valence electrons. The summed E-state index contributed by atoms with van der Waals surface area (Å²) in [6, 6.07) is 0. The van der Waals surface area contributed by atoms with Crippen LogP contribution in [0.3, 0.4) is 0 Å². The summed E-state index contributed by atoms with van der Waals surface area (Å²) in [6.45, 7) is 4.07. The third-order valence-electron chi connectivity index (χ3n) is 8.84. The average Bonchev–Trinajstić information content (AvgIpc) is 3.54. The molecule has 0 bridgehead atoms. The fourth-order valence-electron chi connectivity index (χ4n) is 4.58. The molecule has 0 saturated carbocycles. The fraction of sp³-hybridized carbons (Fsp3) is 0.909. The van der Waals surface area contributed by atoms with Crippen LogP contribution in [0.2, 0.25) is 0 Å². The molecule has 5 saturated heterocycles. The van der Waals surface area contributed by atoms with Crippen molar-refractivity contribution in [2.45, 2.75) is 46.0 Å². The van der Waals surface area contributed by atoms with Gasteiger partial charge in [0.1, 0.15) is 0 Å². The molecule has 5 aliphatic rings. The van der Waals surface area contributed by atoms with E-state index in [1.165, 1.54) is 55.4 Å². The Hall–Kier alpha value is -0.170. The zero-order valence-electron chi connectivity index (χ0n) is 32.5. The van der Waals surface area contributed by atoms with E-state index in [1.807, 2.05) is 21.1 Å². The van der Waals surface area contributed by atoms with E-state index in [0.29, 0.717) is 0 Å². The monoisotopic (exact) mass is 827 g/mol. The van der Waals surface area contributed by atoms with Crippen LogP contribution in [-0.4, -0.2) is 181 Å². The second-order valence-electron chi connectivity index (χ2n) is 12.9. The maximum absolute atomic E-state index is 11.2. The largest absolute Gasteiger partial charge is 0.380 e. The standard InChI is InChI=1S/C7H16N2S.C7H15NS.C6H13NOS.C5H11NOS.C4H9NOS.C3H9NOS.CH4/c1-8-10(3)6-4-9(2)5-7-10;1-8-9(2)6-4-3-5-7-9;1-7-9(2)5-3-8-4-6-9;1-6-8(7)4-2-3-5-8;1-5-7(6)3-2-4-7;1-4-6(2,3)5;/h3-7H2,1-2H3;2-7H2,1H3;2-6H2,1H3;2-5H2,1H3;2-4H2,1H3;1-3H3;1H4. The minimum absolute atomic E-state index is 0. The highest BCUT2D eigenvalue weighted by molar-refractivity contribution is 8.03. The molecule has 0 aromatic carbocycles. The fourth-order valence-corrected chi connectivity index (χ4v) is 13.0. The van der Waals surface area contributed by atoms with Crippen LogP contribution in [0, 0.1) is 0 Å². The first-order valence-electron chi connectivity index (χ1n) is 17.0. The number of ether oxygens (including phenoxy) is 1. The first-order chi connectivity index (χ1) is 22.8. The van der Waals surface area contributed by atoms with Crippen LogP contribution in [-0.2, 0) is 62.2 Å². The highest BCUT2D eigenvalue weighted by Crippen LogP contribution is 2.13. The van der Waals surface area contributed by atoms with Crippen LogP contribution in [0.1, 0.15) is 46.0 Å². The molecule has 17 heteroatoms. The number of nitrogens with zero attached hydrogens (tertiary/aromatic N) is 7. The molecule has 0 amide bonds. The number of hydrogen-bond donors (Lipinski definition) is 0. The summed E-state index contributed by atoms with van der Waals surface area (Å²) in [5.41, 5.74) is 0. The summed E-state index contributed by atoms with van der Waals surface area (Å²) in [4.78, 5) is 2.35. The van der Waals surface area contributed by atoms with Crippen molar-refractivity contribution >= 4 is 75.0 Å². The predicted molar refractivity (Wildman–Crippen MR) is 241 cm³/mol. The lowest BCUT2D eigenvalue weighted by atomic mass is 10.3. The van der Waals surface area contributed by atoms with Crippen LogP contribution < -0.4 is 0 Å². The second-order valence-corrected chi connectivity index (χ2v) is 30.6. The summed E-state index contributed by atoms with van der Waals surface area (Å²) >= 11 is 0. The Kier molecular flexibility index (Phi) is 26.8. The molecule has 0 spiro atoms. The van der Waals surface area contributed by atoms with E-state index in [9.17, 15) is 12.6 Å². The summed E-state index contributed by atoms with van der Waals surface area (Å²) < 4.78 is 61.7. The molecule has 0 aliphatic carbocycles. The van der Waals surface area contributed by atoms with Gasteiger partial charge in [-0.3, -0.25) is 17.3 Å². The van der Waals surface area contributed by atoms with Gasteiger partial charge < -0.3 is 9.64 Å². The van der Waals surface area contributed by atoms with Gasteiger partial charge in [0.15, 0.2) is 0 Å². The van der Waals surface area contributed by atoms with Gasteiger partial charge in [0.2, 0.25) is 0 Å². The van der Waals surface area contributed by atoms with Gasteiger partial charge in [-0.2, -0.15) is 0 Å². The maximum Gasteiger partial charge on any atom is 0.0561 e. The Morgan fingerprint density at radius 3 is 1.10 bits per heavy atom. The molecular formula is C33H77N7O4S6. The molecule has 0 aromatic rings. The van der Waals surface area contributed by atoms with Gasteiger partial charge in [-0.15, -0.1) is 28.2 Å². The van der Waals surface area contributed by atoms with E-state index < -0.39 is 57.4 Å². The van der Waals surface area contributed by atoms with Gasteiger partial charge in [-0.25, -0.2) is 21.5 Å². The molecular weight excluding hydrogens is 751 g/mol. The van der Waals surface area contributed by atoms with Crippen LogP contribution in [0.5, 0.6) is 0 Å². The van der Waals surface area contributed by atoms with Crippen molar-refractivity contribution in [1.29, 1.82) is 0 Å². The Labute approximate surface area is 313 Å². The van der Waals surface area contributed by atoms with Gasteiger partial charge in [-0.05, 0) is 50.7 Å². The molecule has 5 aliphatic heterocycles. The average molecular weight is 828 g/mol. The maximum atomic E-state index is 11.2. The normalized spacial score (nSPS) is 23.5. The number of hydrogen-bond acceptors (Lipinski definition) is 11. The van der Waals surface area contributed by atoms with E-state index in [2.05, 4.69) is 55.7 Å². The molecule has 50 heavy (non-hydrogen) atoms. The van der Waals surface area contributed by atoms with Crippen LogP contribution >= 0.6 is 0 Å². The highest BCUT2D eigenvalue weighted by Gasteiger charge is 2.17. The van der Waals surface area contributed by atoms with E-state index in [4.69, 9.17) is 4.74 Å². The first kappa shape index (κ1) is 51.9. The molecule has 0 atom stereocenters. The minimum atomic E-state index is -1.79. The zero-order valence-corrected chi connectivity index (χ0v) is 37.4. The highest BCUT2D eigenvalue weighted by atomic mass is 32.2. The van der Waals surface area contributed by atoms with Crippen molar-refractivity contribution in [3.05, 3.63) is 0 Å². The summed E-state index contributed by atoms with van der Waals surface area (Å²) in [6.07, 6.45) is 10.6. The Morgan fingerprint density at radius 1 is 0.540 bits per heavy atom. The van der Waals surface area contributed by atoms with Crippen molar-refractivity contribution in [2.24, 2.45) is 26.2 Å². The van der Waals surface area contributed by atoms with Crippen LogP contribution in [0.15, 0.2) is 26.2 Å².